The topological polar surface area (TPSA) is 104 Å². The van der Waals surface area contributed by atoms with E-state index in [9.17, 15) is 0 Å². The van der Waals surface area contributed by atoms with Crippen LogP contribution in [-0.2, 0) is 11.3 Å². The summed E-state index contributed by atoms with van der Waals surface area (Å²) >= 11 is 0. The van der Waals surface area contributed by atoms with Crippen LogP contribution in [0.2, 0.25) is 0 Å². The molecule has 48 heavy (non-hydrogen) atoms. The van der Waals surface area contributed by atoms with E-state index in [1.54, 1.807) is 6.26 Å². The van der Waals surface area contributed by atoms with Gasteiger partial charge >= 0.3 is 0 Å². The smallest absolute Gasteiger partial charge is 0.254 e. The van der Waals surface area contributed by atoms with E-state index in [2.05, 4.69) is 32.7 Å². The zero-order valence-corrected chi connectivity index (χ0v) is 27.5. The van der Waals surface area contributed by atoms with Crippen molar-refractivity contribution in [2.24, 2.45) is 11.8 Å². The number of aromatic nitrogens is 3. The third-order valence-corrected chi connectivity index (χ3v) is 10.3. The Hall–Kier alpha value is -3.99. The van der Waals surface area contributed by atoms with E-state index >= 15 is 0 Å². The Labute approximate surface area is 282 Å². The van der Waals surface area contributed by atoms with Crippen molar-refractivity contribution in [1.29, 1.82) is 0 Å². The minimum Gasteiger partial charge on any atom is -0.490 e. The van der Waals surface area contributed by atoms with Crippen LogP contribution in [0.1, 0.15) is 67.2 Å². The van der Waals surface area contributed by atoms with E-state index in [0.717, 1.165) is 54.6 Å². The molecule has 2 aliphatic carbocycles. The zero-order chi connectivity index (χ0) is 32.1. The first-order valence-electron chi connectivity index (χ1n) is 17.7. The van der Waals surface area contributed by atoms with Crippen molar-refractivity contribution in [3.05, 3.63) is 90.7 Å². The van der Waals surface area contributed by atoms with Crippen LogP contribution in [0.5, 0.6) is 17.2 Å². The highest BCUT2D eigenvalue weighted by molar-refractivity contribution is 5.31. The van der Waals surface area contributed by atoms with Gasteiger partial charge in [-0.25, -0.2) is 0 Å². The Morgan fingerprint density at radius 2 is 1.42 bits per heavy atom. The highest BCUT2D eigenvalue weighted by Gasteiger charge is 2.39. The van der Waals surface area contributed by atoms with E-state index in [4.69, 9.17) is 23.4 Å². The maximum Gasteiger partial charge on any atom is 0.254 e. The number of furan rings is 1. The van der Waals surface area contributed by atoms with Crippen molar-refractivity contribution in [3.63, 3.8) is 0 Å². The minimum atomic E-state index is 0.430. The number of ether oxygens (including phenoxy) is 4. The second kappa shape index (κ2) is 14.6. The summed E-state index contributed by atoms with van der Waals surface area (Å²) in [5, 5.41) is 6.75. The largest absolute Gasteiger partial charge is 0.490 e. The molecule has 2 N–H and O–H groups in total. The first-order valence-corrected chi connectivity index (χ1v) is 17.7. The summed E-state index contributed by atoms with van der Waals surface area (Å²) in [6, 6.07) is 11.3. The van der Waals surface area contributed by atoms with Gasteiger partial charge in [0.1, 0.15) is 31.3 Å². The Balaban J connectivity index is 0.758. The predicted molar refractivity (Wildman–Crippen MR) is 179 cm³/mol. The molecular weight excluding hydrogens is 606 g/mol. The number of nitrogens with one attached hydrogen (secondary N) is 2. The van der Waals surface area contributed by atoms with Gasteiger partial charge in [0.05, 0.1) is 25.3 Å². The van der Waals surface area contributed by atoms with Crippen molar-refractivity contribution in [1.82, 2.24) is 20.6 Å². The van der Waals surface area contributed by atoms with E-state index < -0.39 is 0 Å². The van der Waals surface area contributed by atoms with Crippen molar-refractivity contribution < 1.29 is 27.9 Å². The molecule has 4 fully saturated rings. The molecule has 0 aromatic carbocycles. The molecule has 0 amide bonds. The molecule has 4 aromatic rings. The summed E-state index contributed by atoms with van der Waals surface area (Å²) in [7, 11) is 0. The molecule has 4 aromatic heterocycles. The summed E-state index contributed by atoms with van der Waals surface area (Å²) in [5.74, 6) is 5.70. The Bertz CT molecular complexity index is 1660. The van der Waals surface area contributed by atoms with Crippen molar-refractivity contribution in [2.75, 3.05) is 39.5 Å². The van der Waals surface area contributed by atoms with Crippen LogP contribution < -0.4 is 29.4 Å². The average molecular weight is 653 g/mol. The molecule has 252 valence electrons. The second-order valence-corrected chi connectivity index (χ2v) is 13.8. The van der Waals surface area contributed by atoms with E-state index in [-0.39, 0.29) is 0 Å². The van der Waals surface area contributed by atoms with E-state index in [0.29, 0.717) is 68.8 Å². The summed E-state index contributed by atoms with van der Waals surface area (Å²) in [6.45, 7) is 5.40. The van der Waals surface area contributed by atoms with Gasteiger partial charge in [0.15, 0.2) is 11.9 Å². The molecule has 8 rings (SSSR count). The Kier molecular flexibility index (Phi) is 9.54. The number of nitrogens with zero attached hydrogens (tertiary/aromatic N) is 3. The number of rotatable bonds is 18. The van der Waals surface area contributed by atoms with Crippen LogP contribution in [0, 0.1) is 11.8 Å². The molecule has 10 heteroatoms. The highest BCUT2D eigenvalue weighted by atomic mass is 16.5. The van der Waals surface area contributed by atoms with E-state index in [1.807, 2.05) is 59.9 Å². The van der Waals surface area contributed by atoms with Gasteiger partial charge in [-0.3, -0.25) is 9.97 Å². The molecule has 0 spiro atoms. The number of pyridine rings is 3. The maximum atomic E-state index is 6.20. The molecule has 2 saturated heterocycles. The van der Waals surface area contributed by atoms with Crippen LogP contribution >= 0.6 is 0 Å². The lowest BCUT2D eigenvalue weighted by atomic mass is 10.1. The lowest BCUT2D eigenvalue weighted by molar-refractivity contribution is -0.597. The average Bonchev–Trinajstić information content (AvgIpc) is 3.98. The summed E-state index contributed by atoms with van der Waals surface area (Å²) in [5.41, 5.74) is 3.51. The monoisotopic (exact) mass is 652 g/mol. The quantitative estimate of drug-likeness (QED) is 0.112. The first kappa shape index (κ1) is 31.3. The van der Waals surface area contributed by atoms with Gasteiger partial charge in [-0.2, -0.15) is 4.57 Å². The molecule has 4 aliphatic rings. The lowest BCUT2D eigenvalue weighted by Crippen LogP contribution is -2.46. The maximum absolute atomic E-state index is 6.20. The van der Waals surface area contributed by atoms with Crippen LogP contribution in [0.25, 0.3) is 5.69 Å². The molecule has 0 bridgehead atoms. The summed E-state index contributed by atoms with van der Waals surface area (Å²) in [4.78, 5) is 8.86. The third-order valence-electron chi connectivity index (χ3n) is 10.3. The van der Waals surface area contributed by atoms with Gasteiger partial charge in [0.2, 0.25) is 12.0 Å². The minimum absolute atomic E-state index is 0.430. The molecule has 2 aliphatic heterocycles. The summed E-state index contributed by atoms with van der Waals surface area (Å²) < 4.78 is 32.1. The van der Waals surface area contributed by atoms with E-state index in [1.165, 1.54) is 36.8 Å². The second-order valence-electron chi connectivity index (χ2n) is 13.8. The molecule has 0 radical (unpaired) electrons. The first-order chi connectivity index (χ1) is 23.7. The van der Waals surface area contributed by atoms with Crippen LogP contribution in [0.4, 0.5) is 0 Å². The molecule has 6 unspecified atom stereocenters. The molecular formula is C38H46N5O5+. The summed E-state index contributed by atoms with van der Waals surface area (Å²) in [6.07, 6.45) is 20.1. The molecule has 6 atom stereocenters. The van der Waals surface area contributed by atoms with Gasteiger partial charge in [-0.05, 0) is 105 Å². The zero-order valence-electron chi connectivity index (χ0n) is 27.5. The van der Waals surface area contributed by atoms with Crippen molar-refractivity contribution in [2.45, 2.75) is 69.1 Å². The van der Waals surface area contributed by atoms with Gasteiger partial charge in [-0.1, -0.05) is 0 Å². The van der Waals surface area contributed by atoms with Crippen LogP contribution in [0.3, 0.4) is 0 Å². The molecule has 2 saturated carbocycles. The van der Waals surface area contributed by atoms with Crippen molar-refractivity contribution >= 4 is 0 Å². The normalized spacial score (nSPS) is 25.5. The van der Waals surface area contributed by atoms with Crippen molar-refractivity contribution in [3.8, 4) is 22.9 Å². The van der Waals surface area contributed by atoms with Gasteiger partial charge < -0.3 is 34.0 Å². The lowest BCUT2D eigenvalue weighted by Gasteiger charge is -2.27. The van der Waals surface area contributed by atoms with Crippen LogP contribution in [-0.4, -0.2) is 61.6 Å². The standard InChI is InChI=1S/C38H46N5O5/c1-2-32(45-12-6-27-17-36(27)29-15-34(21-40-19-29)48-24-31-4-9-42-31)22-43(10-1)37-7-13-46-38(37)25-44-11-5-26-16-35(26)28-14-33(20-39-18-28)47-23-30-3-8-41-30/h1-2,7,10,13-15,18-22,26-27,30-31,35-36,41-42H,3-6,8-9,11-12,16-17,23-25H2/q+1. The fourth-order valence-corrected chi connectivity index (χ4v) is 6.85. The SMILES string of the molecule is c1cc(OCCC2CC2c2cncc(OCC3CCN3)c2)c[n+](-c2ccoc2COCCC2CC2c2cncc(OCC3CCN3)c2)c1. The fraction of sp³-hybridized carbons (Fsp3) is 0.500. The number of hydrogen-bond donors (Lipinski definition) is 2. The number of hydrogen-bond acceptors (Lipinski definition) is 9. The predicted octanol–water partition coefficient (Wildman–Crippen LogP) is 5.11. The fourth-order valence-electron chi connectivity index (χ4n) is 6.85. The Morgan fingerprint density at radius 3 is 2.04 bits per heavy atom. The van der Waals surface area contributed by atoms with Gasteiger partial charge in [0.25, 0.3) is 5.69 Å². The highest BCUT2D eigenvalue weighted by Crippen LogP contribution is 2.50. The third kappa shape index (κ3) is 7.83. The van der Waals surface area contributed by atoms with Gasteiger partial charge in [-0.15, -0.1) is 0 Å². The van der Waals surface area contributed by atoms with Gasteiger partial charge in [0, 0.05) is 43.2 Å². The molecule has 10 nitrogen and oxygen atoms in total. The Morgan fingerprint density at radius 1 is 0.771 bits per heavy atom. The van der Waals surface area contributed by atoms with Crippen LogP contribution in [0.15, 0.2) is 78.2 Å². The molecule has 6 heterocycles.